The molecule has 0 fully saturated rings. The van der Waals surface area contributed by atoms with E-state index in [-0.39, 0.29) is 11.5 Å². The van der Waals surface area contributed by atoms with Gasteiger partial charge in [-0.3, -0.25) is 4.79 Å². The number of hydrogen-bond donors (Lipinski definition) is 2. The molecule has 144 valence electrons. The molecule has 0 unspecified atom stereocenters. The van der Waals surface area contributed by atoms with Crippen molar-refractivity contribution in [3.63, 3.8) is 0 Å². The Bertz CT molecular complexity index is 1210. The molecule has 5 nitrogen and oxygen atoms in total. The van der Waals surface area contributed by atoms with Gasteiger partial charge in [0.1, 0.15) is 17.5 Å². The molecule has 2 N–H and O–H groups in total. The van der Waals surface area contributed by atoms with Gasteiger partial charge >= 0.3 is 0 Å². The minimum Gasteiger partial charge on any atom is -0.340 e. The van der Waals surface area contributed by atoms with Crippen LogP contribution in [0.15, 0.2) is 66.7 Å². The third-order valence-electron chi connectivity index (χ3n) is 4.30. The largest absolute Gasteiger partial charge is 0.340 e. The van der Waals surface area contributed by atoms with Crippen LogP contribution in [0.25, 0.3) is 10.9 Å². The summed E-state index contributed by atoms with van der Waals surface area (Å²) in [6.07, 6.45) is 0. The molecule has 3 aromatic carbocycles. The predicted molar refractivity (Wildman–Crippen MR) is 108 cm³/mol. The first-order valence-corrected chi connectivity index (χ1v) is 8.86. The van der Waals surface area contributed by atoms with Crippen LogP contribution in [0, 0.1) is 18.6 Å². The van der Waals surface area contributed by atoms with Gasteiger partial charge in [0, 0.05) is 17.1 Å². The summed E-state index contributed by atoms with van der Waals surface area (Å²) >= 11 is 0. The second-order valence-electron chi connectivity index (χ2n) is 6.48. The highest BCUT2D eigenvalue weighted by Gasteiger charge is 2.16. The van der Waals surface area contributed by atoms with Crippen molar-refractivity contribution in [2.24, 2.45) is 0 Å². The number of anilines is 3. The normalized spacial score (nSPS) is 10.7. The lowest BCUT2D eigenvalue weighted by molar-refractivity contribution is 0.101. The van der Waals surface area contributed by atoms with E-state index in [2.05, 4.69) is 20.6 Å². The maximum Gasteiger partial charge on any atom is 0.293 e. The van der Waals surface area contributed by atoms with Gasteiger partial charge in [-0.2, -0.15) is 0 Å². The molecule has 7 heteroatoms. The third kappa shape index (κ3) is 4.03. The molecular weight excluding hydrogens is 374 g/mol. The number of benzene rings is 3. The molecule has 4 rings (SSSR count). The molecule has 0 saturated heterocycles. The highest BCUT2D eigenvalue weighted by atomic mass is 19.1. The number of aryl methyl sites for hydroxylation is 1. The summed E-state index contributed by atoms with van der Waals surface area (Å²) in [6, 6.07) is 17.9. The summed E-state index contributed by atoms with van der Waals surface area (Å²) < 4.78 is 27.0. The van der Waals surface area contributed by atoms with Gasteiger partial charge in [-0.05, 0) is 43.3 Å². The topological polar surface area (TPSA) is 66.9 Å². The van der Waals surface area contributed by atoms with Gasteiger partial charge in [0.05, 0.1) is 11.2 Å². The second-order valence-corrected chi connectivity index (χ2v) is 6.48. The van der Waals surface area contributed by atoms with E-state index in [0.29, 0.717) is 17.4 Å². The average molecular weight is 390 g/mol. The Morgan fingerprint density at radius 1 is 0.931 bits per heavy atom. The highest BCUT2D eigenvalue weighted by molar-refractivity contribution is 6.04. The van der Waals surface area contributed by atoms with Crippen molar-refractivity contribution in [2.75, 3.05) is 10.6 Å². The van der Waals surface area contributed by atoms with E-state index in [4.69, 9.17) is 0 Å². The molecule has 0 bridgehead atoms. The maximum atomic E-state index is 13.9. The zero-order valence-corrected chi connectivity index (χ0v) is 15.4. The van der Waals surface area contributed by atoms with Crippen molar-refractivity contribution >= 4 is 34.0 Å². The quantitative estimate of drug-likeness (QED) is 0.502. The van der Waals surface area contributed by atoms with Gasteiger partial charge in [-0.25, -0.2) is 18.7 Å². The van der Waals surface area contributed by atoms with Crippen molar-refractivity contribution in [1.82, 2.24) is 9.97 Å². The number of carbonyl (C=O) groups is 1. The van der Waals surface area contributed by atoms with E-state index in [1.165, 1.54) is 0 Å². The Hall–Kier alpha value is -3.87. The summed E-state index contributed by atoms with van der Waals surface area (Å²) in [7, 11) is 0. The number of rotatable bonds is 4. The van der Waals surface area contributed by atoms with Crippen LogP contribution in [0.5, 0.6) is 0 Å². The molecule has 0 atom stereocenters. The first-order valence-electron chi connectivity index (χ1n) is 8.86. The van der Waals surface area contributed by atoms with E-state index in [9.17, 15) is 13.6 Å². The minimum atomic E-state index is -0.878. The average Bonchev–Trinajstić information content (AvgIpc) is 2.71. The zero-order chi connectivity index (χ0) is 20.4. The standard InChI is InChI=1S/C22H16F2N4O/c1-13-6-9-15(10-7-13)25-20-16-4-2-3-5-18(16)26-21(28-20)22(29)27-19-11-8-14(23)12-17(19)24/h2-12H,1H3,(H,27,29)(H,25,26,28). The van der Waals surface area contributed by atoms with Gasteiger partial charge < -0.3 is 10.6 Å². The van der Waals surface area contributed by atoms with E-state index in [1.807, 2.05) is 43.3 Å². The number of carbonyl (C=O) groups excluding carboxylic acids is 1. The lowest BCUT2D eigenvalue weighted by Gasteiger charge is -2.11. The summed E-state index contributed by atoms with van der Waals surface area (Å²) in [5, 5.41) is 6.31. The molecule has 1 aromatic heterocycles. The number of halogens is 2. The number of hydrogen-bond acceptors (Lipinski definition) is 4. The molecule has 29 heavy (non-hydrogen) atoms. The van der Waals surface area contributed by atoms with Crippen molar-refractivity contribution in [3.05, 3.63) is 89.8 Å². The predicted octanol–water partition coefficient (Wildman–Crippen LogP) is 5.21. The van der Waals surface area contributed by atoms with Crippen LogP contribution in [0.3, 0.4) is 0 Å². The van der Waals surface area contributed by atoms with Crippen molar-refractivity contribution in [3.8, 4) is 0 Å². The first-order chi connectivity index (χ1) is 14.0. The van der Waals surface area contributed by atoms with Crippen molar-refractivity contribution < 1.29 is 13.6 Å². The van der Waals surface area contributed by atoms with Crippen LogP contribution < -0.4 is 10.6 Å². The molecule has 0 spiro atoms. The second kappa shape index (κ2) is 7.63. The molecule has 1 heterocycles. The highest BCUT2D eigenvalue weighted by Crippen LogP contribution is 2.24. The lowest BCUT2D eigenvalue weighted by atomic mass is 10.2. The summed E-state index contributed by atoms with van der Waals surface area (Å²) in [5.41, 5.74) is 2.32. The summed E-state index contributed by atoms with van der Waals surface area (Å²) in [4.78, 5) is 21.2. The lowest BCUT2D eigenvalue weighted by Crippen LogP contribution is -2.17. The number of nitrogens with one attached hydrogen (secondary N) is 2. The van der Waals surface area contributed by atoms with Crippen LogP contribution in [0.4, 0.5) is 26.0 Å². The number of aromatic nitrogens is 2. The third-order valence-corrected chi connectivity index (χ3v) is 4.30. The van der Waals surface area contributed by atoms with Crippen LogP contribution >= 0.6 is 0 Å². The van der Waals surface area contributed by atoms with Gasteiger partial charge in [0.15, 0.2) is 0 Å². The first kappa shape index (κ1) is 18.5. The Labute approximate surface area is 165 Å². The Morgan fingerprint density at radius 3 is 2.45 bits per heavy atom. The fourth-order valence-corrected chi connectivity index (χ4v) is 2.82. The number of fused-ring (bicyclic) bond motifs is 1. The number of amides is 1. The Kier molecular flexibility index (Phi) is 4.87. The fraction of sp³-hybridized carbons (Fsp3) is 0.0455. The van der Waals surface area contributed by atoms with Crippen LogP contribution in [0.2, 0.25) is 0 Å². The smallest absolute Gasteiger partial charge is 0.293 e. The molecule has 0 aliphatic rings. The Morgan fingerprint density at radius 2 is 1.69 bits per heavy atom. The van der Waals surface area contributed by atoms with E-state index < -0.39 is 17.5 Å². The van der Waals surface area contributed by atoms with Gasteiger partial charge in [-0.1, -0.05) is 29.8 Å². The molecule has 0 saturated carbocycles. The SMILES string of the molecule is Cc1ccc(Nc2nc(C(=O)Nc3ccc(F)cc3F)nc3ccccc23)cc1. The van der Waals surface area contributed by atoms with Gasteiger partial charge in [0.25, 0.3) is 5.91 Å². The molecule has 1 amide bonds. The van der Waals surface area contributed by atoms with Crippen molar-refractivity contribution in [1.29, 1.82) is 0 Å². The van der Waals surface area contributed by atoms with Crippen LogP contribution in [0.1, 0.15) is 16.2 Å². The van der Waals surface area contributed by atoms with Gasteiger partial charge in [-0.15, -0.1) is 0 Å². The molecule has 4 aromatic rings. The van der Waals surface area contributed by atoms with Crippen LogP contribution in [-0.4, -0.2) is 15.9 Å². The minimum absolute atomic E-state index is 0.137. The molecule has 0 aliphatic heterocycles. The number of para-hydroxylation sites is 1. The Balaban J connectivity index is 1.70. The molecule has 0 aliphatic carbocycles. The summed E-state index contributed by atoms with van der Waals surface area (Å²) in [6.45, 7) is 1.99. The fourth-order valence-electron chi connectivity index (χ4n) is 2.82. The van der Waals surface area contributed by atoms with E-state index in [1.54, 1.807) is 12.1 Å². The van der Waals surface area contributed by atoms with Crippen molar-refractivity contribution in [2.45, 2.75) is 6.92 Å². The monoisotopic (exact) mass is 390 g/mol. The summed E-state index contributed by atoms with van der Waals surface area (Å²) in [5.74, 6) is -2.00. The number of nitrogens with zero attached hydrogens (tertiary/aromatic N) is 2. The molecular formula is C22H16F2N4O. The molecule has 0 radical (unpaired) electrons. The van der Waals surface area contributed by atoms with E-state index >= 15 is 0 Å². The van der Waals surface area contributed by atoms with Gasteiger partial charge in [0.2, 0.25) is 5.82 Å². The zero-order valence-electron chi connectivity index (χ0n) is 15.4. The maximum absolute atomic E-state index is 13.9. The van der Waals surface area contributed by atoms with Crippen LogP contribution in [-0.2, 0) is 0 Å². The van der Waals surface area contributed by atoms with E-state index in [0.717, 1.165) is 28.8 Å².